The highest BCUT2D eigenvalue weighted by molar-refractivity contribution is 5.98. The fourth-order valence-corrected chi connectivity index (χ4v) is 2.46. The van der Waals surface area contributed by atoms with Crippen LogP contribution in [-0.2, 0) is 17.9 Å². The molecule has 27 heavy (non-hydrogen) atoms. The summed E-state index contributed by atoms with van der Waals surface area (Å²) in [6.07, 6.45) is 6.31. The number of rotatable bonds is 10. The summed E-state index contributed by atoms with van der Waals surface area (Å²) < 4.78 is 10.7. The fraction of sp³-hybridized carbons (Fsp3) is 0.333. The van der Waals surface area contributed by atoms with Gasteiger partial charge in [0, 0.05) is 13.7 Å². The van der Waals surface area contributed by atoms with Gasteiger partial charge in [-0.15, -0.1) is 0 Å². The third-order valence-corrected chi connectivity index (χ3v) is 3.84. The van der Waals surface area contributed by atoms with Crippen molar-refractivity contribution in [2.24, 2.45) is 0 Å². The molecule has 0 aliphatic rings. The number of hydrogen-bond donors (Lipinski definition) is 2. The number of nitrogens with zero attached hydrogens (tertiary/aromatic N) is 1. The van der Waals surface area contributed by atoms with Gasteiger partial charge in [-0.25, -0.2) is 4.98 Å². The molecule has 1 heterocycles. The lowest BCUT2D eigenvalue weighted by atomic mass is 10.2. The lowest BCUT2D eigenvalue weighted by Crippen LogP contribution is -2.24. The minimum atomic E-state index is -0.266. The van der Waals surface area contributed by atoms with Crippen molar-refractivity contribution in [3.63, 3.8) is 0 Å². The zero-order valence-electron chi connectivity index (χ0n) is 15.9. The highest BCUT2D eigenvalue weighted by Crippen LogP contribution is 2.14. The van der Waals surface area contributed by atoms with Crippen molar-refractivity contribution in [3.05, 3.63) is 65.4 Å². The Labute approximate surface area is 160 Å². The van der Waals surface area contributed by atoms with Gasteiger partial charge < -0.3 is 20.5 Å². The van der Waals surface area contributed by atoms with Crippen LogP contribution in [-0.4, -0.2) is 24.6 Å². The van der Waals surface area contributed by atoms with E-state index >= 15 is 0 Å². The van der Waals surface area contributed by atoms with Crippen LogP contribution >= 0.6 is 0 Å². The van der Waals surface area contributed by atoms with E-state index in [1.165, 1.54) is 0 Å². The molecule has 2 rings (SSSR count). The van der Waals surface area contributed by atoms with Gasteiger partial charge in [-0.2, -0.15) is 0 Å². The second kappa shape index (κ2) is 11.0. The summed E-state index contributed by atoms with van der Waals surface area (Å²) in [5.74, 6) is 0.698. The van der Waals surface area contributed by atoms with Gasteiger partial charge in [0.2, 0.25) is 0 Å². The van der Waals surface area contributed by atoms with Crippen molar-refractivity contribution in [3.8, 4) is 5.75 Å². The number of benzene rings is 1. The number of amides is 1. The monoisotopic (exact) mass is 369 g/mol. The number of ether oxygens (including phenoxy) is 2. The van der Waals surface area contributed by atoms with E-state index in [0.29, 0.717) is 31.0 Å². The van der Waals surface area contributed by atoms with Gasteiger partial charge in [0.15, 0.2) is 0 Å². The van der Waals surface area contributed by atoms with E-state index < -0.39 is 0 Å². The molecule has 1 aromatic heterocycles. The van der Waals surface area contributed by atoms with Crippen molar-refractivity contribution in [2.75, 3.05) is 19.5 Å². The quantitative estimate of drug-likeness (QED) is 0.626. The van der Waals surface area contributed by atoms with Crippen LogP contribution in [0, 0.1) is 0 Å². The number of hydrogen-bond acceptors (Lipinski definition) is 5. The second-order valence-electron chi connectivity index (χ2n) is 6.07. The van der Waals surface area contributed by atoms with Gasteiger partial charge in [-0.05, 0) is 36.2 Å². The van der Waals surface area contributed by atoms with Crippen LogP contribution in [0.2, 0.25) is 0 Å². The van der Waals surface area contributed by atoms with Crippen LogP contribution in [0.5, 0.6) is 5.75 Å². The number of anilines is 1. The predicted octanol–water partition coefficient (Wildman–Crippen LogP) is 3.48. The highest BCUT2D eigenvalue weighted by Gasteiger charge is 2.11. The lowest BCUT2D eigenvalue weighted by molar-refractivity contribution is 0.0951. The Balaban J connectivity index is 1.90. The van der Waals surface area contributed by atoms with Crippen molar-refractivity contribution < 1.29 is 14.3 Å². The maximum absolute atomic E-state index is 12.4. The number of unbranched alkanes of at least 4 members (excludes halogenated alkanes) is 1. The molecule has 0 radical (unpaired) electrons. The van der Waals surface area contributed by atoms with E-state index in [4.69, 9.17) is 15.2 Å². The lowest BCUT2D eigenvalue weighted by Gasteiger charge is -2.10. The summed E-state index contributed by atoms with van der Waals surface area (Å²) in [7, 11) is 1.58. The smallest absolute Gasteiger partial charge is 0.255 e. The Hall–Kier alpha value is -2.86. The van der Waals surface area contributed by atoms with Gasteiger partial charge in [0.05, 0.1) is 17.9 Å². The average molecular weight is 369 g/mol. The number of nitrogens with two attached hydrogens (primary N) is 1. The first-order valence-corrected chi connectivity index (χ1v) is 9.03. The molecular weight excluding hydrogens is 342 g/mol. The van der Waals surface area contributed by atoms with Gasteiger partial charge in [-0.1, -0.05) is 37.6 Å². The topological polar surface area (TPSA) is 86.5 Å². The Morgan fingerprint density at radius 3 is 2.85 bits per heavy atom. The molecule has 0 fully saturated rings. The first-order valence-electron chi connectivity index (χ1n) is 9.03. The normalized spacial score (nSPS) is 10.9. The molecule has 0 aliphatic carbocycles. The number of carbonyl (C=O) groups is 1. The van der Waals surface area contributed by atoms with E-state index in [1.807, 2.05) is 30.3 Å². The minimum Gasteiger partial charge on any atom is -0.490 e. The Kier molecular flexibility index (Phi) is 8.32. The molecule has 6 nitrogen and oxygen atoms in total. The van der Waals surface area contributed by atoms with Gasteiger partial charge in [-0.3, -0.25) is 4.79 Å². The number of allylic oxidation sites excluding steroid dienone is 1. The number of nitrogen functional groups attached to an aromatic ring is 1. The van der Waals surface area contributed by atoms with E-state index in [1.54, 1.807) is 19.2 Å². The first kappa shape index (κ1) is 20.5. The molecule has 0 saturated carbocycles. The molecule has 2 aromatic rings. The average Bonchev–Trinajstić information content (AvgIpc) is 2.67. The molecule has 0 saturated heterocycles. The summed E-state index contributed by atoms with van der Waals surface area (Å²) in [5.41, 5.74) is 7.86. The maximum Gasteiger partial charge on any atom is 0.255 e. The van der Waals surface area contributed by atoms with E-state index in [2.05, 4.69) is 23.3 Å². The number of carbonyl (C=O) groups excluding carboxylic acids is 1. The van der Waals surface area contributed by atoms with Crippen LogP contribution in [0.15, 0.2) is 48.6 Å². The number of aromatic nitrogens is 1. The molecule has 3 N–H and O–H groups in total. The standard InChI is InChI=1S/C21H27N3O3/c1-3-4-5-6-12-27-18-9-7-8-16(13-18)14-23-21(25)19-11-10-17(15-26-2)24-20(19)22/h5-11,13H,3-4,12,14-15H2,1-2H3,(H2,22,24)(H,23,25). The Bertz CT molecular complexity index is 775. The Morgan fingerprint density at radius 2 is 2.11 bits per heavy atom. The molecule has 0 spiro atoms. The number of pyridine rings is 1. The van der Waals surface area contributed by atoms with E-state index in [0.717, 1.165) is 24.2 Å². The molecule has 0 bridgehead atoms. The number of nitrogens with one attached hydrogen (secondary N) is 1. The third-order valence-electron chi connectivity index (χ3n) is 3.84. The second-order valence-corrected chi connectivity index (χ2v) is 6.07. The zero-order chi connectivity index (χ0) is 19.5. The molecule has 0 atom stereocenters. The van der Waals surface area contributed by atoms with E-state index in [9.17, 15) is 4.79 Å². The molecule has 6 heteroatoms. The summed E-state index contributed by atoms with van der Waals surface area (Å²) >= 11 is 0. The summed E-state index contributed by atoms with van der Waals surface area (Å²) in [5, 5.41) is 2.86. The van der Waals surface area contributed by atoms with Crippen molar-refractivity contribution in [2.45, 2.75) is 32.9 Å². The van der Waals surface area contributed by atoms with Crippen LogP contribution in [0.3, 0.4) is 0 Å². The van der Waals surface area contributed by atoms with Crippen LogP contribution in [0.25, 0.3) is 0 Å². The van der Waals surface area contributed by atoms with Gasteiger partial charge in [0.1, 0.15) is 18.2 Å². The summed E-state index contributed by atoms with van der Waals surface area (Å²) in [6.45, 7) is 3.40. The fourth-order valence-electron chi connectivity index (χ4n) is 2.46. The van der Waals surface area contributed by atoms with Crippen molar-refractivity contribution in [1.82, 2.24) is 10.3 Å². The van der Waals surface area contributed by atoms with Gasteiger partial charge in [0.25, 0.3) is 5.91 Å². The number of methoxy groups -OCH3 is 1. The molecule has 1 amide bonds. The van der Waals surface area contributed by atoms with Crippen LogP contribution < -0.4 is 15.8 Å². The zero-order valence-corrected chi connectivity index (χ0v) is 15.9. The molecule has 144 valence electrons. The van der Waals surface area contributed by atoms with Crippen molar-refractivity contribution >= 4 is 11.7 Å². The third kappa shape index (κ3) is 6.75. The van der Waals surface area contributed by atoms with Crippen molar-refractivity contribution in [1.29, 1.82) is 0 Å². The molecule has 1 aromatic carbocycles. The van der Waals surface area contributed by atoms with E-state index in [-0.39, 0.29) is 11.7 Å². The molecular formula is C21H27N3O3. The van der Waals surface area contributed by atoms with Crippen LogP contribution in [0.4, 0.5) is 5.82 Å². The first-order chi connectivity index (χ1) is 13.1. The maximum atomic E-state index is 12.4. The molecule has 0 unspecified atom stereocenters. The Morgan fingerprint density at radius 1 is 1.26 bits per heavy atom. The highest BCUT2D eigenvalue weighted by atomic mass is 16.5. The van der Waals surface area contributed by atoms with Crippen LogP contribution in [0.1, 0.15) is 41.4 Å². The summed E-state index contributed by atoms with van der Waals surface area (Å²) in [4.78, 5) is 16.5. The largest absolute Gasteiger partial charge is 0.490 e. The summed E-state index contributed by atoms with van der Waals surface area (Å²) in [6, 6.07) is 11.0. The minimum absolute atomic E-state index is 0.193. The SMILES string of the molecule is CCCC=CCOc1cccc(CNC(=O)c2ccc(COC)nc2N)c1. The molecule has 0 aliphatic heterocycles. The van der Waals surface area contributed by atoms with Gasteiger partial charge >= 0.3 is 0 Å². The predicted molar refractivity (Wildman–Crippen MR) is 107 cm³/mol.